The fourth-order valence-electron chi connectivity index (χ4n) is 3.10. The minimum atomic E-state index is -1.18. The number of piperazine rings is 3. The van der Waals surface area contributed by atoms with Crippen molar-refractivity contribution < 1.29 is 39.8 Å². The summed E-state index contributed by atoms with van der Waals surface area (Å²) in [5, 5.41) is 38.1. The summed E-state index contributed by atoms with van der Waals surface area (Å²) < 4.78 is 0. The summed E-state index contributed by atoms with van der Waals surface area (Å²) in [7, 11) is 0. The lowest BCUT2D eigenvalue weighted by Crippen LogP contribution is -3.35. The first kappa shape index (κ1) is 21.2. The third kappa shape index (κ3) is 6.26. The molecule has 2 aromatic carbocycles. The molecule has 0 amide bonds. The van der Waals surface area contributed by atoms with Crippen molar-refractivity contribution in [2.24, 2.45) is 0 Å². The van der Waals surface area contributed by atoms with Crippen molar-refractivity contribution >= 4 is 11.9 Å². The molecule has 150 valence electrons. The van der Waals surface area contributed by atoms with Gasteiger partial charge in [-0.3, -0.25) is 0 Å². The van der Waals surface area contributed by atoms with Crippen molar-refractivity contribution in [1.82, 2.24) is 0 Å². The molecule has 2 bridgehead atoms. The second kappa shape index (κ2) is 10.3. The van der Waals surface area contributed by atoms with Gasteiger partial charge >= 0.3 is 11.9 Å². The molecule has 0 spiro atoms. The molecular weight excluding hydrogens is 364 g/mol. The van der Waals surface area contributed by atoms with E-state index in [0.29, 0.717) is 0 Å². The molecule has 8 nitrogen and oxygen atoms in total. The molecule has 3 aliphatic heterocycles. The van der Waals surface area contributed by atoms with Crippen LogP contribution < -0.4 is 20.0 Å². The van der Waals surface area contributed by atoms with E-state index in [9.17, 15) is 19.8 Å². The monoisotopic (exact) mass is 388 g/mol. The Labute approximate surface area is 162 Å². The number of rotatable bonds is 2. The highest BCUT2D eigenvalue weighted by molar-refractivity contribution is 5.90. The molecule has 0 aromatic heterocycles. The number of fused-ring (bicyclic) bond motifs is 3. The second-order valence-electron chi connectivity index (χ2n) is 6.60. The summed E-state index contributed by atoms with van der Waals surface area (Å²) in [4.78, 5) is 24.1. The molecule has 3 heterocycles. The minimum Gasteiger partial charge on any atom is -0.872 e. The van der Waals surface area contributed by atoms with Gasteiger partial charge in [-0.2, -0.15) is 0 Å². The maximum absolute atomic E-state index is 10.7. The van der Waals surface area contributed by atoms with E-state index in [2.05, 4.69) is 0 Å². The van der Waals surface area contributed by atoms with Gasteiger partial charge in [0.25, 0.3) is 0 Å². The number of nitrogens with one attached hydrogen (secondary N) is 2. The molecule has 0 radical (unpaired) electrons. The summed E-state index contributed by atoms with van der Waals surface area (Å²) in [6.07, 6.45) is 0. The van der Waals surface area contributed by atoms with Crippen LogP contribution in [0.4, 0.5) is 0 Å². The Morgan fingerprint density at radius 3 is 1.11 bits per heavy atom. The summed E-state index contributed by atoms with van der Waals surface area (Å²) in [6, 6.07) is 11.1. The number of hydrogen-bond acceptors (Lipinski definition) is 4. The van der Waals surface area contributed by atoms with E-state index >= 15 is 0 Å². The molecule has 28 heavy (non-hydrogen) atoms. The van der Waals surface area contributed by atoms with Gasteiger partial charge in [0, 0.05) is 0 Å². The molecule has 0 atom stereocenters. The van der Waals surface area contributed by atoms with Gasteiger partial charge in [0.1, 0.15) is 39.3 Å². The molecule has 3 fully saturated rings. The Hall–Kier alpha value is -3.10. The van der Waals surface area contributed by atoms with Crippen LogP contribution in [0.2, 0.25) is 0 Å². The number of carboxylic acid groups (broad SMARTS) is 2. The van der Waals surface area contributed by atoms with Gasteiger partial charge in [-0.25, -0.2) is 9.59 Å². The second-order valence-corrected chi connectivity index (χ2v) is 6.60. The van der Waals surface area contributed by atoms with E-state index in [1.54, 1.807) is 0 Å². The number of carboxylic acids is 2. The van der Waals surface area contributed by atoms with E-state index in [1.807, 2.05) is 9.80 Å². The summed E-state index contributed by atoms with van der Waals surface area (Å²) in [5.74, 6) is -3.25. The smallest absolute Gasteiger partial charge is 0.335 e. The number of hydrogen-bond donors (Lipinski definition) is 4. The van der Waals surface area contributed by atoms with Gasteiger partial charge in [-0.05, 0) is 12.1 Å². The van der Waals surface area contributed by atoms with Gasteiger partial charge in [0.2, 0.25) is 0 Å². The fourth-order valence-corrected chi connectivity index (χ4v) is 3.10. The first-order chi connectivity index (χ1) is 13.4. The largest absolute Gasteiger partial charge is 0.872 e. The predicted octanol–water partition coefficient (Wildman–Crippen LogP) is -2.30. The number of para-hydroxylation sites is 2. The number of quaternary nitrogens is 2. The topological polar surface area (TPSA) is 130 Å². The zero-order valence-corrected chi connectivity index (χ0v) is 15.4. The van der Waals surface area contributed by atoms with E-state index in [1.165, 1.54) is 87.8 Å². The molecular formula is C20H24N2O6. The van der Waals surface area contributed by atoms with Crippen molar-refractivity contribution in [1.29, 1.82) is 0 Å². The van der Waals surface area contributed by atoms with Crippen LogP contribution in [0.3, 0.4) is 0 Å². The van der Waals surface area contributed by atoms with Crippen molar-refractivity contribution in [2.75, 3.05) is 39.3 Å². The average Bonchev–Trinajstić information content (AvgIpc) is 2.71. The standard InChI is InChI=1S/2C7H6O3.C6H12N2/c2*8-6-4-2-1-3-5(6)7(9)10;1-2-8-5-3-7(1)4-6-8/h2*1-4,8H,(H,9,10);1-6H2. The minimum absolute atomic E-state index is 0.178. The Morgan fingerprint density at radius 1 is 0.643 bits per heavy atom. The molecule has 0 unspecified atom stereocenters. The van der Waals surface area contributed by atoms with Crippen LogP contribution in [0, 0.1) is 0 Å². The summed E-state index contributed by atoms with van der Waals surface area (Å²) in [5.41, 5.74) is -0.356. The molecule has 3 aliphatic rings. The Balaban J connectivity index is 0.000000151. The number of carbonyl (C=O) groups is 2. The Morgan fingerprint density at radius 2 is 0.929 bits per heavy atom. The highest BCUT2D eigenvalue weighted by Crippen LogP contribution is 2.11. The van der Waals surface area contributed by atoms with Crippen molar-refractivity contribution in [2.45, 2.75) is 0 Å². The van der Waals surface area contributed by atoms with Crippen LogP contribution >= 0.6 is 0 Å². The van der Waals surface area contributed by atoms with Gasteiger partial charge in [-0.1, -0.05) is 47.9 Å². The first-order valence-electron chi connectivity index (χ1n) is 9.04. The predicted molar refractivity (Wildman–Crippen MR) is 96.8 cm³/mol. The van der Waals surface area contributed by atoms with Gasteiger partial charge in [0.05, 0.1) is 11.1 Å². The van der Waals surface area contributed by atoms with Gasteiger partial charge in [0.15, 0.2) is 0 Å². The lowest BCUT2D eigenvalue weighted by atomic mass is 10.2. The lowest BCUT2D eigenvalue weighted by molar-refractivity contribution is -1.06. The van der Waals surface area contributed by atoms with Crippen LogP contribution in [-0.2, 0) is 0 Å². The summed E-state index contributed by atoms with van der Waals surface area (Å²) in [6.45, 7) is 8.64. The van der Waals surface area contributed by atoms with E-state index in [0.717, 1.165) is 0 Å². The fraction of sp³-hybridized carbons (Fsp3) is 0.300. The van der Waals surface area contributed by atoms with Gasteiger partial charge < -0.3 is 30.2 Å². The van der Waals surface area contributed by atoms with Crippen molar-refractivity contribution in [3.05, 3.63) is 59.7 Å². The van der Waals surface area contributed by atoms with Crippen LogP contribution in [0.1, 0.15) is 20.7 Å². The molecule has 0 aliphatic carbocycles. The number of benzene rings is 2. The van der Waals surface area contributed by atoms with E-state index in [-0.39, 0.29) is 11.1 Å². The SMILES string of the molecule is C1C[NH+]2CC[NH+]1CC2.O=C(O)c1ccccc1[O-].O=C(O)c1ccccc1[O-]. The molecule has 2 aromatic rings. The van der Waals surface area contributed by atoms with Crippen LogP contribution in [0.5, 0.6) is 11.5 Å². The normalized spacial score (nSPS) is 19.4. The number of aromatic carboxylic acids is 2. The van der Waals surface area contributed by atoms with Crippen molar-refractivity contribution in [3.63, 3.8) is 0 Å². The van der Waals surface area contributed by atoms with Crippen LogP contribution in [0.25, 0.3) is 0 Å². The average molecular weight is 388 g/mol. The molecule has 5 rings (SSSR count). The highest BCUT2D eigenvalue weighted by atomic mass is 16.4. The van der Waals surface area contributed by atoms with E-state index < -0.39 is 23.4 Å². The first-order valence-corrected chi connectivity index (χ1v) is 9.04. The van der Waals surface area contributed by atoms with Gasteiger partial charge in [-0.15, -0.1) is 0 Å². The van der Waals surface area contributed by atoms with Crippen LogP contribution in [0.15, 0.2) is 48.5 Å². The molecule has 0 saturated carbocycles. The molecule has 8 heteroatoms. The highest BCUT2D eigenvalue weighted by Gasteiger charge is 2.29. The maximum atomic E-state index is 10.7. The molecule has 4 N–H and O–H groups in total. The lowest BCUT2D eigenvalue weighted by Gasteiger charge is -2.35. The molecule has 3 saturated heterocycles. The third-order valence-electron chi connectivity index (χ3n) is 4.73. The third-order valence-corrected chi connectivity index (χ3v) is 4.73. The van der Waals surface area contributed by atoms with Crippen LogP contribution in [-0.4, -0.2) is 61.4 Å². The maximum Gasteiger partial charge on any atom is 0.335 e. The van der Waals surface area contributed by atoms with Crippen molar-refractivity contribution in [3.8, 4) is 11.5 Å². The zero-order chi connectivity index (χ0) is 20.5. The Bertz CT molecular complexity index is 724. The zero-order valence-electron chi connectivity index (χ0n) is 15.4. The summed E-state index contributed by atoms with van der Waals surface area (Å²) >= 11 is 0. The quantitative estimate of drug-likeness (QED) is 0.458. The van der Waals surface area contributed by atoms with E-state index in [4.69, 9.17) is 10.2 Å². The Kier molecular flexibility index (Phi) is 7.79.